The van der Waals surface area contributed by atoms with Crippen molar-refractivity contribution in [3.8, 4) is 0 Å². The van der Waals surface area contributed by atoms with Gasteiger partial charge >= 0.3 is 5.92 Å². The van der Waals surface area contributed by atoms with Crippen molar-refractivity contribution in [3.05, 3.63) is 33.4 Å². The first-order chi connectivity index (χ1) is 6.85. The summed E-state index contributed by atoms with van der Waals surface area (Å²) < 4.78 is 26.4. The predicted molar refractivity (Wildman–Crippen MR) is 54.1 cm³/mol. The predicted octanol–water partition coefficient (Wildman–Crippen LogP) is 0.710. The third-order valence-corrected chi connectivity index (χ3v) is 2.52. The Morgan fingerprint density at radius 2 is 1.87 bits per heavy atom. The largest absolute Gasteiger partial charge is 0.544 e. The highest BCUT2D eigenvalue weighted by Gasteiger charge is 2.41. The van der Waals surface area contributed by atoms with Gasteiger partial charge in [-0.2, -0.15) is 8.78 Å². The van der Waals surface area contributed by atoms with Crippen LogP contribution in [0.3, 0.4) is 0 Å². The molecular weight excluding hydrogens is 321 g/mol. The number of hydrogen-bond donors (Lipinski definition) is 1. The Bertz CT molecular complexity index is 364. The number of rotatable bonds is 3. The molecule has 1 rings (SSSR count). The summed E-state index contributed by atoms with van der Waals surface area (Å²) >= 11 is 1.96. The lowest BCUT2D eigenvalue weighted by Gasteiger charge is -2.23. The van der Waals surface area contributed by atoms with Gasteiger partial charge in [-0.15, -0.1) is 0 Å². The molecule has 82 valence electrons. The summed E-state index contributed by atoms with van der Waals surface area (Å²) in [6.07, 6.45) is -2.39. The lowest BCUT2D eigenvalue weighted by molar-refractivity contribution is -0.336. The summed E-state index contributed by atoms with van der Waals surface area (Å²) in [6.45, 7) is 0. The Morgan fingerprint density at radius 3 is 2.27 bits per heavy atom. The van der Waals surface area contributed by atoms with Gasteiger partial charge in [0, 0.05) is 3.57 Å². The monoisotopic (exact) mass is 327 g/mol. The molecule has 0 saturated heterocycles. The number of aliphatic hydroxyl groups excluding tert-OH is 1. The quantitative estimate of drug-likeness (QED) is 0.832. The number of alkyl halides is 2. The van der Waals surface area contributed by atoms with Crippen molar-refractivity contribution < 1.29 is 23.8 Å². The SMILES string of the molecule is O=C([O-])C(F)(F)C(O)c1ccc(I)cc1. The molecule has 0 heterocycles. The minimum Gasteiger partial charge on any atom is -0.544 e. The molecule has 1 N–H and O–H groups in total. The van der Waals surface area contributed by atoms with E-state index in [0.29, 0.717) is 0 Å². The molecule has 1 unspecified atom stereocenters. The standard InChI is InChI=1S/C9H7F2IO3/c10-9(11,8(14)15)7(13)5-1-3-6(12)4-2-5/h1-4,7,13H,(H,14,15)/p-1. The van der Waals surface area contributed by atoms with Crippen LogP contribution >= 0.6 is 22.6 Å². The Kier molecular flexibility index (Phi) is 3.61. The molecule has 6 heteroatoms. The summed E-state index contributed by atoms with van der Waals surface area (Å²) in [6, 6.07) is 5.46. The van der Waals surface area contributed by atoms with Gasteiger partial charge in [0.15, 0.2) is 0 Å². The minimum atomic E-state index is -4.28. The van der Waals surface area contributed by atoms with Crippen LogP contribution in [0, 0.1) is 3.57 Å². The molecule has 0 aromatic heterocycles. The number of aliphatic carboxylic acids is 1. The first-order valence-corrected chi connectivity index (χ1v) is 4.96. The maximum absolute atomic E-state index is 12.8. The summed E-state index contributed by atoms with van der Waals surface area (Å²) in [5.74, 6) is -6.87. The smallest absolute Gasteiger partial charge is 0.316 e. The molecule has 0 bridgehead atoms. The number of carboxylic acids is 1. The van der Waals surface area contributed by atoms with E-state index < -0.39 is 18.0 Å². The fraction of sp³-hybridized carbons (Fsp3) is 0.222. The van der Waals surface area contributed by atoms with E-state index in [1.54, 1.807) is 0 Å². The van der Waals surface area contributed by atoms with Crippen LogP contribution in [-0.2, 0) is 4.79 Å². The van der Waals surface area contributed by atoms with Gasteiger partial charge in [-0.05, 0) is 40.3 Å². The molecule has 0 aliphatic carbocycles. The zero-order valence-electron chi connectivity index (χ0n) is 7.28. The van der Waals surface area contributed by atoms with Crippen molar-refractivity contribution in [2.45, 2.75) is 12.0 Å². The highest BCUT2D eigenvalue weighted by molar-refractivity contribution is 14.1. The highest BCUT2D eigenvalue weighted by atomic mass is 127. The van der Waals surface area contributed by atoms with Gasteiger partial charge in [0.25, 0.3) is 0 Å². The lowest BCUT2D eigenvalue weighted by atomic mass is 10.0. The second kappa shape index (κ2) is 4.40. The molecule has 0 saturated carbocycles. The summed E-state index contributed by atoms with van der Waals surface area (Å²) in [4.78, 5) is 10.1. The number of aliphatic hydroxyl groups is 1. The number of carbonyl (C=O) groups excluding carboxylic acids is 1. The maximum Gasteiger partial charge on any atom is 0.316 e. The number of hydrogen-bond acceptors (Lipinski definition) is 3. The van der Waals surface area contributed by atoms with E-state index in [1.165, 1.54) is 24.3 Å². The average molecular weight is 327 g/mol. The van der Waals surface area contributed by atoms with Crippen LogP contribution in [0.2, 0.25) is 0 Å². The molecule has 1 atom stereocenters. The Morgan fingerprint density at radius 1 is 1.40 bits per heavy atom. The van der Waals surface area contributed by atoms with E-state index >= 15 is 0 Å². The van der Waals surface area contributed by atoms with Crippen molar-refractivity contribution in [2.24, 2.45) is 0 Å². The van der Waals surface area contributed by atoms with E-state index in [4.69, 9.17) is 5.11 Å². The summed E-state index contributed by atoms with van der Waals surface area (Å²) in [7, 11) is 0. The fourth-order valence-corrected chi connectivity index (χ4v) is 1.33. The van der Waals surface area contributed by atoms with Gasteiger partial charge in [-0.25, -0.2) is 0 Å². The van der Waals surface area contributed by atoms with Crippen LogP contribution in [0.15, 0.2) is 24.3 Å². The van der Waals surface area contributed by atoms with Crippen molar-refractivity contribution >= 4 is 28.6 Å². The molecule has 0 aliphatic rings. The van der Waals surface area contributed by atoms with Crippen molar-refractivity contribution in [3.63, 3.8) is 0 Å². The first-order valence-electron chi connectivity index (χ1n) is 3.88. The number of benzene rings is 1. The zero-order chi connectivity index (χ0) is 11.6. The van der Waals surface area contributed by atoms with Gasteiger partial charge in [0.1, 0.15) is 12.1 Å². The molecule has 1 aromatic carbocycles. The molecule has 0 fully saturated rings. The highest BCUT2D eigenvalue weighted by Crippen LogP contribution is 2.30. The number of halogens is 3. The third-order valence-electron chi connectivity index (χ3n) is 1.80. The van der Waals surface area contributed by atoms with Crippen molar-refractivity contribution in [2.75, 3.05) is 0 Å². The van der Waals surface area contributed by atoms with E-state index in [2.05, 4.69) is 0 Å². The van der Waals surface area contributed by atoms with Crippen LogP contribution in [0.25, 0.3) is 0 Å². The lowest BCUT2D eigenvalue weighted by Crippen LogP contribution is -2.45. The van der Waals surface area contributed by atoms with Crippen LogP contribution in [0.5, 0.6) is 0 Å². The molecule has 3 nitrogen and oxygen atoms in total. The van der Waals surface area contributed by atoms with Crippen LogP contribution in [0.1, 0.15) is 11.7 Å². The van der Waals surface area contributed by atoms with E-state index in [1.807, 2.05) is 22.6 Å². The van der Waals surface area contributed by atoms with E-state index in [0.717, 1.165) is 3.57 Å². The third kappa shape index (κ3) is 2.63. The first kappa shape index (κ1) is 12.3. The molecule has 15 heavy (non-hydrogen) atoms. The Balaban J connectivity index is 2.99. The Hall–Kier alpha value is -0.760. The maximum atomic E-state index is 12.8. The van der Waals surface area contributed by atoms with Crippen LogP contribution < -0.4 is 5.11 Å². The van der Waals surface area contributed by atoms with Gasteiger partial charge in [0.05, 0.1) is 0 Å². The molecule has 0 radical (unpaired) electrons. The van der Waals surface area contributed by atoms with Crippen LogP contribution in [-0.4, -0.2) is 17.0 Å². The number of carbonyl (C=O) groups is 1. The second-order valence-corrected chi connectivity index (χ2v) is 4.11. The van der Waals surface area contributed by atoms with Crippen molar-refractivity contribution in [1.29, 1.82) is 0 Å². The topological polar surface area (TPSA) is 60.4 Å². The zero-order valence-corrected chi connectivity index (χ0v) is 9.44. The fourth-order valence-electron chi connectivity index (χ4n) is 0.966. The normalized spacial score (nSPS) is 13.6. The van der Waals surface area contributed by atoms with Gasteiger partial charge < -0.3 is 15.0 Å². The Labute approximate surface area is 97.9 Å². The van der Waals surface area contributed by atoms with Gasteiger partial charge in [0.2, 0.25) is 0 Å². The van der Waals surface area contributed by atoms with Gasteiger partial charge in [-0.3, -0.25) is 0 Å². The van der Waals surface area contributed by atoms with Crippen molar-refractivity contribution in [1.82, 2.24) is 0 Å². The van der Waals surface area contributed by atoms with Crippen LogP contribution in [0.4, 0.5) is 8.78 Å². The molecule has 0 spiro atoms. The summed E-state index contributed by atoms with van der Waals surface area (Å²) in [5, 5.41) is 19.2. The van der Waals surface area contributed by atoms with E-state index in [9.17, 15) is 18.7 Å². The summed E-state index contributed by atoms with van der Waals surface area (Å²) in [5.41, 5.74) is -0.162. The molecular formula is C9H6F2IO3-. The molecule has 0 amide bonds. The van der Waals surface area contributed by atoms with E-state index in [-0.39, 0.29) is 5.56 Å². The molecule has 0 aliphatic heterocycles. The average Bonchev–Trinajstić information content (AvgIpc) is 2.17. The minimum absolute atomic E-state index is 0.162. The molecule has 1 aromatic rings. The van der Waals surface area contributed by atoms with Gasteiger partial charge in [-0.1, -0.05) is 12.1 Å². The second-order valence-electron chi connectivity index (χ2n) is 2.86. The number of carboxylic acid groups (broad SMARTS) is 1.